The highest BCUT2D eigenvalue weighted by molar-refractivity contribution is 6.29. The topological polar surface area (TPSA) is 47.9 Å². The lowest BCUT2D eigenvalue weighted by Crippen LogP contribution is -2.07. The van der Waals surface area contributed by atoms with Crippen molar-refractivity contribution in [2.24, 2.45) is 0 Å². The van der Waals surface area contributed by atoms with Crippen LogP contribution in [0.25, 0.3) is 11.4 Å². The third-order valence-electron chi connectivity index (χ3n) is 1.99. The molecule has 0 saturated carbocycles. The fourth-order valence-corrected chi connectivity index (χ4v) is 1.54. The quantitative estimate of drug-likeness (QED) is 0.802. The Hall–Kier alpha value is -1.75. The van der Waals surface area contributed by atoms with Crippen molar-refractivity contribution in [1.29, 1.82) is 0 Å². The molecule has 94 valence electrons. The van der Waals surface area contributed by atoms with Gasteiger partial charge in [0.25, 0.3) is 0 Å². The highest BCUT2D eigenvalue weighted by Crippen LogP contribution is 2.21. The third kappa shape index (κ3) is 3.13. The molecular weight excluding hydrogens is 257 g/mol. The molecule has 0 aliphatic heterocycles. The van der Waals surface area contributed by atoms with Gasteiger partial charge in [-0.3, -0.25) is 4.98 Å². The Kier molecular flexibility index (Phi) is 3.72. The predicted octanol–water partition coefficient (Wildman–Crippen LogP) is 3.12. The summed E-state index contributed by atoms with van der Waals surface area (Å²) in [6.45, 7) is 3.75. The first-order valence-corrected chi connectivity index (χ1v) is 5.74. The van der Waals surface area contributed by atoms with Crippen molar-refractivity contribution in [2.75, 3.05) is 0 Å². The van der Waals surface area contributed by atoms with Gasteiger partial charge in [-0.25, -0.2) is 9.37 Å². The van der Waals surface area contributed by atoms with E-state index in [9.17, 15) is 4.39 Å². The van der Waals surface area contributed by atoms with Crippen LogP contribution in [-0.2, 0) is 0 Å². The van der Waals surface area contributed by atoms with E-state index in [0.717, 1.165) is 6.20 Å². The highest BCUT2D eigenvalue weighted by Gasteiger charge is 2.09. The fourth-order valence-electron chi connectivity index (χ4n) is 1.36. The monoisotopic (exact) mass is 267 g/mol. The van der Waals surface area contributed by atoms with Crippen LogP contribution < -0.4 is 4.74 Å². The zero-order chi connectivity index (χ0) is 13.1. The van der Waals surface area contributed by atoms with Gasteiger partial charge in [0.05, 0.1) is 12.3 Å². The lowest BCUT2D eigenvalue weighted by atomic mass is 10.2. The molecule has 18 heavy (non-hydrogen) atoms. The molecule has 2 aromatic rings. The minimum atomic E-state index is -0.456. The lowest BCUT2D eigenvalue weighted by Gasteiger charge is -2.09. The second kappa shape index (κ2) is 5.27. The van der Waals surface area contributed by atoms with E-state index in [1.807, 2.05) is 13.8 Å². The van der Waals surface area contributed by atoms with Crippen molar-refractivity contribution in [2.45, 2.75) is 20.0 Å². The Labute approximate surface area is 109 Å². The molecule has 4 nitrogen and oxygen atoms in total. The molecule has 2 rings (SSSR count). The maximum Gasteiger partial charge on any atom is 0.218 e. The summed E-state index contributed by atoms with van der Waals surface area (Å²) in [4.78, 5) is 11.9. The summed E-state index contributed by atoms with van der Waals surface area (Å²) in [5.74, 6) is 0.178. The molecule has 0 amide bonds. The number of ether oxygens (including phenoxy) is 1. The molecule has 0 fully saturated rings. The summed E-state index contributed by atoms with van der Waals surface area (Å²) in [5.41, 5.74) is 0.450. The van der Waals surface area contributed by atoms with Gasteiger partial charge in [0, 0.05) is 17.8 Å². The number of halogens is 2. The van der Waals surface area contributed by atoms with Crippen LogP contribution in [0.2, 0.25) is 5.15 Å². The lowest BCUT2D eigenvalue weighted by molar-refractivity contribution is 0.232. The maximum atomic E-state index is 13.1. The molecule has 2 heterocycles. The smallest absolute Gasteiger partial charge is 0.218 e. The number of hydrogen-bond donors (Lipinski definition) is 0. The number of hydrogen-bond acceptors (Lipinski definition) is 4. The van der Waals surface area contributed by atoms with E-state index in [-0.39, 0.29) is 17.1 Å². The molecule has 0 saturated heterocycles. The van der Waals surface area contributed by atoms with Crippen LogP contribution in [0.1, 0.15) is 13.8 Å². The number of pyridine rings is 1. The van der Waals surface area contributed by atoms with Gasteiger partial charge in [-0.2, -0.15) is 4.98 Å². The van der Waals surface area contributed by atoms with Crippen molar-refractivity contribution < 1.29 is 9.13 Å². The van der Waals surface area contributed by atoms with Crippen molar-refractivity contribution in [3.63, 3.8) is 0 Å². The number of aromatic nitrogens is 3. The Balaban J connectivity index is 2.41. The molecular formula is C12H11ClFN3O. The molecule has 0 aliphatic rings. The van der Waals surface area contributed by atoms with Crippen LogP contribution in [0.15, 0.2) is 24.5 Å². The number of rotatable bonds is 3. The van der Waals surface area contributed by atoms with Gasteiger partial charge in [0.1, 0.15) is 11.0 Å². The van der Waals surface area contributed by atoms with Crippen molar-refractivity contribution in [3.05, 3.63) is 35.5 Å². The zero-order valence-corrected chi connectivity index (χ0v) is 10.6. The second-order valence-electron chi connectivity index (χ2n) is 3.91. The van der Waals surface area contributed by atoms with Crippen molar-refractivity contribution in [3.8, 4) is 17.3 Å². The number of nitrogens with zero attached hydrogens (tertiary/aromatic N) is 3. The van der Waals surface area contributed by atoms with Crippen LogP contribution in [-0.4, -0.2) is 21.1 Å². The molecule has 0 unspecified atom stereocenters. The van der Waals surface area contributed by atoms with Crippen molar-refractivity contribution >= 4 is 11.6 Å². The van der Waals surface area contributed by atoms with Gasteiger partial charge in [0.2, 0.25) is 5.88 Å². The minimum Gasteiger partial charge on any atom is -0.475 e. The van der Waals surface area contributed by atoms with Crippen LogP contribution in [0.4, 0.5) is 4.39 Å². The van der Waals surface area contributed by atoms with Gasteiger partial charge in [-0.05, 0) is 19.9 Å². The Morgan fingerprint density at radius 2 is 2.00 bits per heavy atom. The fraction of sp³-hybridized carbons (Fsp3) is 0.250. The normalized spacial score (nSPS) is 10.7. The molecule has 0 spiro atoms. The molecule has 0 N–H and O–H groups in total. The van der Waals surface area contributed by atoms with Crippen molar-refractivity contribution in [1.82, 2.24) is 15.0 Å². The first-order chi connectivity index (χ1) is 8.54. The van der Waals surface area contributed by atoms with Crippen LogP contribution in [0.5, 0.6) is 5.88 Å². The van der Waals surface area contributed by atoms with Crippen LogP contribution in [0.3, 0.4) is 0 Å². The van der Waals surface area contributed by atoms with E-state index < -0.39 is 5.82 Å². The summed E-state index contributed by atoms with van der Waals surface area (Å²) in [6.07, 6.45) is 2.54. The summed E-state index contributed by atoms with van der Waals surface area (Å²) in [7, 11) is 0. The first-order valence-electron chi connectivity index (χ1n) is 5.37. The van der Waals surface area contributed by atoms with Gasteiger partial charge in [-0.1, -0.05) is 11.6 Å². The summed E-state index contributed by atoms with van der Waals surface area (Å²) in [5, 5.41) is 0.236. The Morgan fingerprint density at radius 1 is 1.22 bits per heavy atom. The van der Waals surface area contributed by atoms with E-state index >= 15 is 0 Å². The average Bonchev–Trinajstić information content (AvgIpc) is 2.27. The SMILES string of the molecule is CC(C)Oc1cc(Cl)nc(-c2cncc(F)c2)n1. The molecule has 0 aliphatic carbocycles. The van der Waals surface area contributed by atoms with E-state index in [0.29, 0.717) is 11.4 Å². The second-order valence-corrected chi connectivity index (χ2v) is 4.30. The summed E-state index contributed by atoms with van der Waals surface area (Å²) < 4.78 is 18.5. The molecule has 0 radical (unpaired) electrons. The minimum absolute atomic E-state index is 0.0329. The van der Waals surface area contributed by atoms with Gasteiger partial charge in [0.15, 0.2) is 5.82 Å². The van der Waals surface area contributed by atoms with Gasteiger partial charge in [-0.15, -0.1) is 0 Å². The van der Waals surface area contributed by atoms with E-state index in [2.05, 4.69) is 15.0 Å². The Morgan fingerprint density at radius 3 is 2.67 bits per heavy atom. The molecule has 0 aromatic carbocycles. The average molecular weight is 268 g/mol. The Bertz CT molecular complexity index is 563. The molecule has 6 heteroatoms. The standard InChI is InChI=1S/C12H11ClFN3O/c1-7(2)18-11-4-10(13)16-12(17-11)8-3-9(14)6-15-5-8/h3-7H,1-2H3. The first kappa shape index (κ1) is 12.7. The predicted molar refractivity (Wildman–Crippen MR) is 66.0 cm³/mol. The van der Waals surface area contributed by atoms with E-state index in [1.54, 1.807) is 0 Å². The maximum absolute atomic E-state index is 13.1. The van der Waals surface area contributed by atoms with E-state index in [1.165, 1.54) is 18.3 Å². The molecule has 0 atom stereocenters. The zero-order valence-electron chi connectivity index (χ0n) is 9.89. The summed E-state index contributed by atoms with van der Waals surface area (Å²) in [6, 6.07) is 2.80. The largest absolute Gasteiger partial charge is 0.475 e. The van der Waals surface area contributed by atoms with Crippen LogP contribution in [0, 0.1) is 5.82 Å². The highest BCUT2D eigenvalue weighted by atomic mass is 35.5. The molecule has 2 aromatic heterocycles. The summed E-state index contributed by atoms with van der Waals surface area (Å²) >= 11 is 5.88. The van der Waals surface area contributed by atoms with E-state index in [4.69, 9.17) is 16.3 Å². The van der Waals surface area contributed by atoms with Gasteiger partial charge < -0.3 is 4.74 Å². The third-order valence-corrected chi connectivity index (χ3v) is 2.18. The van der Waals surface area contributed by atoms with Gasteiger partial charge >= 0.3 is 0 Å². The molecule has 0 bridgehead atoms. The van der Waals surface area contributed by atoms with Crippen LogP contribution >= 0.6 is 11.6 Å².